The van der Waals surface area contributed by atoms with Crippen LogP contribution in [0.3, 0.4) is 0 Å². The van der Waals surface area contributed by atoms with Crippen molar-refractivity contribution in [2.45, 2.75) is 32.0 Å². The van der Waals surface area contributed by atoms with Gasteiger partial charge in [0.2, 0.25) is 0 Å². The van der Waals surface area contributed by atoms with Gasteiger partial charge in [0.05, 0.1) is 18.3 Å². The lowest BCUT2D eigenvalue weighted by atomic mass is 10.1. The van der Waals surface area contributed by atoms with Crippen molar-refractivity contribution >= 4 is 5.97 Å². The molecule has 0 saturated heterocycles. The van der Waals surface area contributed by atoms with Crippen molar-refractivity contribution < 1.29 is 19.1 Å². The normalized spacial score (nSPS) is 25.6. The van der Waals surface area contributed by atoms with Crippen LogP contribution in [0.5, 0.6) is 0 Å². The summed E-state index contributed by atoms with van der Waals surface area (Å²) in [5.74, 6) is -0.358. The van der Waals surface area contributed by atoms with E-state index in [9.17, 15) is 4.79 Å². The van der Waals surface area contributed by atoms with Crippen LogP contribution in [0.25, 0.3) is 0 Å². The molecule has 2 rings (SSSR count). The van der Waals surface area contributed by atoms with Crippen molar-refractivity contribution in [1.82, 2.24) is 0 Å². The van der Waals surface area contributed by atoms with E-state index in [1.54, 1.807) is 12.3 Å². The van der Waals surface area contributed by atoms with Crippen molar-refractivity contribution in [3.05, 3.63) is 24.2 Å². The Morgan fingerprint density at radius 1 is 1.60 bits per heavy atom. The molecule has 4 nitrogen and oxygen atoms in total. The van der Waals surface area contributed by atoms with Crippen LogP contribution in [0, 0.1) is 5.92 Å². The Morgan fingerprint density at radius 2 is 2.47 bits per heavy atom. The topological polar surface area (TPSA) is 59.7 Å². The first-order chi connectivity index (χ1) is 7.27. The zero-order valence-electron chi connectivity index (χ0n) is 8.39. The largest absolute Gasteiger partial charge is 0.481 e. The Morgan fingerprint density at radius 3 is 3.13 bits per heavy atom. The molecular weight excluding hydrogens is 196 g/mol. The third kappa shape index (κ3) is 2.39. The minimum atomic E-state index is -0.753. The van der Waals surface area contributed by atoms with Crippen molar-refractivity contribution in [2.24, 2.45) is 5.92 Å². The molecule has 0 amide bonds. The lowest BCUT2D eigenvalue weighted by molar-refractivity contribution is -0.146. The number of furan rings is 1. The van der Waals surface area contributed by atoms with Gasteiger partial charge in [-0.2, -0.15) is 0 Å². The van der Waals surface area contributed by atoms with Gasteiger partial charge in [0, 0.05) is 0 Å². The van der Waals surface area contributed by atoms with Gasteiger partial charge >= 0.3 is 5.97 Å². The molecule has 2 unspecified atom stereocenters. The molecule has 0 bridgehead atoms. The number of carboxylic acid groups (broad SMARTS) is 1. The van der Waals surface area contributed by atoms with Gasteiger partial charge in [0.1, 0.15) is 12.4 Å². The summed E-state index contributed by atoms with van der Waals surface area (Å²) in [5.41, 5.74) is 0. The molecule has 1 N–H and O–H groups in total. The van der Waals surface area contributed by atoms with Crippen LogP contribution < -0.4 is 0 Å². The summed E-state index contributed by atoms with van der Waals surface area (Å²) >= 11 is 0. The molecule has 1 aliphatic carbocycles. The van der Waals surface area contributed by atoms with E-state index in [1.165, 1.54) is 0 Å². The number of ether oxygens (including phenoxy) is 1. The second kappa shape index (κ2) is 4.49. The summed E-state index contributed by atoms with van der Waals surface area (Å²) in [6.07, 6.45) is 3.91. The van der Waals surface area contributed by atoms with Gasteiger partial charge in [-0.05, 0) is 31.4 Å². The second-order valence-corrected chi connectivity index (χ2v) is 3.80. The minimum absolute atomic E-state index is 0.160. The number of carboxylic acids is 1. The predicted octanol–water partition coefficient (Wildman–Crippen LogP) is 2.05. The van der Waals surface area contributed by atoms with Crippen molar-refractivity contribution in [3.8, 4) is 0 Å². The molecule has 1 saturated carbocycles. The molecule has 1 aliphatic rings. The first-order valence-corrected chi connectivity index (χ1v) is 5.14. The Balaban J connectivity index is 1.86. The third-order valence-electron chi connectivity index (χ3n) is 2.79. The average molecular weight is 210 g/mol. The van der Waals surface area contributed by atoms with E-state index < -0.39 is 5.97 Å². The van der Waals surface area contributed by atoms with Crippen LogP contribution in [0.4, 0.5) is 0 Å². The summed E-state index contributed by atoms with van der Waals surface area (Å²) in [6, 6.07) is 3.62. The number of rotatable bonds is 4. The van der Waals surface area contributed by atoms with Crippen molar-refractivity contribution in [3.63, 3.8) is 0 Å². The average Bonchev–Trinajstić information content (AvgIpc) is 2.86. The fraction of sp³-hybridized carbons (Fsp3) is 0.545. The maximum atomic E-state index is 10.9. The number of hydrogen-bond donors (Lipinski definition) is 1. The Labute approximate surface area is 87.8 Å². The van der Waals surface area contributed by atoms with Crippen LogP contribution in [0.2, 0.25) is 0 Å². The first-order valence-electron chi connectivity index (χ1n) is 5.14. The van der Waals surface area contributed by atoms with Crippen LogP contribution >= 0.6 is 0 Å². The molecule has 1 heterocycles. The standard InChI is InChI=1S/C11H14O4/c12-11(13)9-4-1-5-10(9)15-7-8-3-2-6-14-8/h2-3,6,9-10H,1,4-5,7H2,(H,12,13). The van der Waals surface area contributed by atoms with Gasteiger partial charge in [0.15, 0.2) is 0 Å². The fourth-order valence-corrected chi connectivity index (χ4v) is 1.99. The van der Waals surface area contributed by atoms with Gasteiger partial charge in [-0.15, -0.1) is 0 Å². The van der Waals surface area contributed by atoms with Crippen LogP contribution in [-0.4, -0.2) is 17.2 Å². The maximum Gasteiger partial charge on any atom is 0.309 e. The molecule has 2 atom stereocenters. The third-order valence-corrected chi connectivity index (χ3v) is 2.79. The van der Waals surface area contributed by atoms with Crippen LogP contribution in [0.15, 0.2) is 22.8 Å². The minimum Gasteiger partial charge on any atom is -0.481 e. The van der Waals surface area contributed by atoms with Crippen molar-refractivity contribution in [2.75, 3.05) is 0 Å². The van der Waals surface area contributed by atoms with E-state index >= 15 is 0 Å². The summed E-state index contributed by atoms with van der Waals surface area (Å²) < 4.78 is 10.7. The second-order valence-electron chi connectivity index (χ2n) is 3.80. The number of aliphatic carboxylic acids is 1. The highest BCUT2D eigenvalue weighted by Crippen LogP contribution is 2.29. The van der Waals surface area contributed by atoms with E-state index in [0.717, 1.165) is 25.0 Å². The zero-order chi connectivity index (χ0) is 10.7. The summed E-state index contributed by atoms with van der Waals surface area (Å²) in [6.45, 7) is 0.363. The Hall–Kier alpha value is -1.29. The molecule has 0 spiro atoms. The van der Waals surface area contributed by atoms with Gasteiger partial charge in [-0.1, -0.05) is 0 Å². The summed E-state index contributed by atoms with van der Waals surface area (Å²) in [5, 5.41) is 8.94. The highest BCUT2D eigenvalue weighted by Gasteiger charge is 2.33. The first kappa shape index (κ1) is 10.2. The van der Waals surface area contributed by atoms with E-state index in [1.807, 2.05) is 6.07 Å². The number of carbonyl (C=O) groups is 1. The lowest BCUT2D eigenvalue weighted by Crippen LogP contribution is -2.25. The molecule has 1 aromatic rings. The maximum absolute atomic E-state index is 10.9. The van der Waals surface area contributed by atoms with Crippen molar-refractivity contribution in [1.29, 1.82) is 0 Å². The molecule has 0 aliphatic heterocycles. The van der Waals surface area contributed by atoms with E-state index in [0.29, 0.717) is 6.61 Å². The van der Waals surface area contributed by atoms with Crippen LogP contribution in [0.1, 0.15) is 25.0 Å². The zero-order valence-corrected chi connectivity index (χ0v) is 8.39. The highest BCUT2D eigenvalue weighted by molar-refractivity contribution is 5.71. The van der Waals surface area contributed by atoms with Crippen LogP contribution in [-0.2, 0) is 16.1 Å². The van der Waals surface area contributed by atoms with E-state index in [4.69, 9.17) is 14.3 Å². The van der Waals surface area contributed by atoms with E-state index in [2.05, 4.69) is 0 Å². The van der Waals surface area contributed by atoms with Gasteiger partial charge in [-0.25, -0.2) is 0 Å². The Bertz CT molecular complexity index is 317. The number of hydrogen-bond acceptors (Lipinski definition) is 3. The lowest BCUT2D eigenvalue weighted by Gasteiger charge is -2.15. The molecule has 0 radical (unpaired) electrons. The molecule has 0 aromatic carbocycles. The monoisotopic (exact) mass is 210 g/mol. The SMILES string of the molecule is O=C(O)C1CCCC1OCc1ccco1. The quantitative estimate of drug-likeness (QED) is 0.826. The molecule has 4 heteroatoms. The van der Waals surface area contributed by atoms with Gasteiger partial charge in [0.25, 0.3) is 0 Å². The molecule has 15 heavy (non-hydrogen) atoms. The molecular formula is C11H14O4. The smallest absolute Gasteiger partial charge is 0.309 e. The fourth-order valence-electron chi connectivity index (χ4n) is 1.99. The van der Waals surface area contributed by atoms with Gasteiger partial charge in [-0.3, -0.25) is 4.79 Å². The molecule has 1 fully saturated rings. The predicted molar refractivity (Wildman–Crippen MR) is 52.3 cm³/mol. The molecule has 82 valence electrons. The summed E-state index contributed by atoms with van der Waals surface area (Å²) in [4.78, 5) is 10.9. The Kier molecular flexibility index (Phi) is 3.06. The highest BCUT2D eigenvalue weighted by atomic mass is 16.5. The summed E-state index contributed by atoms with van der Waals surface area (Å²) in [7, 11) is 0. The molecule has 1 aromatic heterocycles. The van der Waals surface area contributed by atoms with E-state index in [-0.39, 0.29) is 12.0 Å². The van der Waals surface area contributed by atoms with Gasteiger partial charge < -0.3 is 14.3 Å².